The molecule has 1 amide bonds. The number of hydrogen-bond acceptors (Lipinski definition) is 3. The highest BCUT2D eigenvalue weighted by atomic mass is 32.2. The molecule has 104 valence electrons. The van der Waals surface area contributed by atoms with E-state index in [1.165, 1.54) is 4.90 Å². The fraction of sp³-hybridized carbons (Fsp3) is 0.400. The second kappa shape index (κ2) is 8.77. The summed E-state index contributed by atoms with van der Waals surface area (Å²) in [5.41, 5.74) is 1.08. The van der Waals surface area contributed by atoms with Gasteiger partial charge in [-0.15, -0.1) is 11.8 Å². The summed E-state index contributed by atoms with van der Waals surface area (Å²) in [7, 11) is 0. The Morgan fingerprint density at radius 1 is 1.37 bits per heavy atom. The molecule has 0 saturated carbocycles. The molecular formula is C15H21NO2S. The number of rotatable bonds is 7. The van der Waals surface area contributed by atoms with Gasteiger partial charge in [0.15, 0.2) is 0 Å². The molecule has 0 aromatic heterocycles. The molecule has 0 saturated heterocycles. The number of aliphatic hydroxyl groups is 1. The van der Waals surface area contributed by atoms with Gasteiger partial charge in [-0.25, -0.2) is 0 Å². The number of aliphatic hydroxyl groups excluding tert-OH is 1. The first-order chi connectivity index (χ1) is 9.21. The molecule has 0 radical (unpaired) electrons. The first-order valence-electron chi connectivity index (χ1n) is 6.34. The summed E-state index contributed by atoms with van der Waals surface area (Å²) in [6.45, 7) is 2.81. The number of benzene rings is 1. The standard InChI is InChI=1S/C15H21NO2S/c1-3-4-5-15(18)16(10-11-17)12-13-6-8-14(19-2)9-7-13/h3-4,6-9,17H,5,10-12H2,1-2H3. The van der Waals surface area contributed by atoms with Gasteiger partial charge in [0.05, 0.1) is 6.61 Å². The second-order valence-corrected chi connectivity index (χ2v) is 5.04. The Bertz CT molecular complexity index is 415. The van der Waals surface area contributed by atoms with Crippen molar-refractivity contribution in [3.8, 4) is 0 Å². The third-order valence-electron chi connectivity index (χ3n) is 2.78. The number of nitrogens with zero attached hydrogens (tertiary/aromatic N) is 1. The van der Waals surface area contributed by atoms with Gasteiger partial charge in [0.2, 0.25) is 5.91 Å². The summed E-state index contributed by atoms with van der Waals surface area (Å²) in [6.07, 6.45) is 6.12. The van der Waals surface area contributed by atoms with Gasteiger partial charge in [0.1, 0.15) is 0 Å². The summed E-state index contributed by atoms with van der Waals surface area (Å²) in [4.78, 5) is 14.9. The highest BCUT2D eigenvalue weighted by molar-refractivity contribution is 7.98. The molecule has 0 heterocycles. The number of allylic oxidation sites excluding steroid dienone is 1. The van der Waals surface area contributed by atoms with E-state index in [9.17, 15) is 4.79 Å². The molecule has 3 nitrogen and oxygen atoms in total. The van der Waals surface area contributed by atoms with Gasteiger partial charge in [0.25, 0.3) is 0 Å². The number of carbonyl (C=O) groups excluding carboxylic acids is 1. The summed E-state index contributed by atoms with van der Waals surface area (Å²) in [6, 6.07) is 8.15. The predicted octanol–water partition coefficient (Wildman–Crippen LogP) is 2.70. The van der Waals surface area contributed by atoms with E-state index in [0.717, 1.165) is 5.56 Å². The topological polar surface area (TPSA) is 40.5 Å². The van der Waals surface area contributed by atoms with Gasteiger partial charge < -0.3 is 10.0 Å². The lowest BCUT2D eigenvalue weighted by atomic mass is 10.2. The van der Waals surface area contributed by atoms with E-state index in [0.29, 0.717) is 19.5 Å². The highest BCUT2D eigenvalue weighted by Gasteiger charge is 2.11. The van der Waals surface area contributed by atoms with Crippen molar-refractivity contribution in [2.24, 2.45) is 0 Å². The molecule has 0 aliphatic carbocycles. The van der Waals surface area contributed by atoms with Crippen LogP contribution < -0.4 is 0 Å². The van der Waals surface area contributed by atoms with Gasteiger partial charge >= 0.3 is 0 Å². The molecule has 1 aromatic rings. The van der Waals surface area contributed by atoms with Gasteiger partial charge in [-0.3, -0.25) is 4.79 Å². The van der Waals surface area contributed by atoms with Crippen molar-refractivity contribution in [1.82, 2.24) is 4.90 Å². The van der Waals surface area contributed by atoms with E-state index in [2.05, 4.69) is 0 Å². The fourth-order valence-electron chi connectivity index (χ4n) is 1.71. The molecule has 1 N–H and O–H groups in total. The zero-order valence-corrected chi connectivity index (χ0v) is 12.3. The Balaban J connectivity index is 2.68. The van der Waals surface area contributed by atoms with Crippen LogP contribution in [0.4, 0.5) is 0 Å². The van der Waals surface area contributed by atoms with E-state index < -0.39 is 0 Å². The average molecular weight is 279 g/mol. The predicted molar refractivity (Wildman–Crippen MR) is 80.2 cm³/mol. The molecule has 0 aliphatic heterocycles. The van der Waals surface area contributed by atoms with Gasteiger partial charge in [-0.05, 0) is 30.9 Å². The van der Waals surface area contributed by atoms with Crippen LogP contribution in [0.25, 0.3) is 0 Å². The third-order valence-corrected chi connectivity index (χ3v) is 3.53. The molecule has 0 unspecified atom stereocenters. The largest absolute Gasteiger partial charge is 0.395 e. The van der Waals surface area contributed by atoms with Crippen molar-refractivity contribution in [2.75, 3.05) is 19.4 Å². The van der Waals surface area contributed by atoms with Gasteiger partial charge in [0, 0.05) is 24.4 Å². The van der Waals surface area contributed by atoms with E-state index in [-0.39, 0.29) is 12.5 Å². The van der Waals surface area contributed by atoms with Crippen LogP contribution in [0.15, 0.2) is 41.3 Å². The number of amides is 1. The molecule has 0 bridgehead atoms. The van der Waals surface area contributed by atoms with E-state index in [4.69, 9.17) is 5.11 Å². The first-order valence-corrected chi connectivity index (χ1v) is 7.56. The van der Waals surface area contributed by atoms with Gasteiger partial charge in [-0.2, -0.15) is 0 Å². The maximum atomic E-state index is 12.0. The third kappa shape index (κ3) is 5.49. The lowest BCUT2D eigenvalue weighted by molar-refractivity contribution is -0.131. The molecule has 1 aromatic carbocycles. The monoisotopic (exact) mass is 279 g/mol. The second-order valence-electron chi connectivity index (χ2n) is 4.16. The maximum absolute atomic E-state index is 12.0. The Morgan fingerprint density at radius 3 is 2.58 bits per heavy atom. The van der Waals surface area contributed by atoms with Crippen LogP contribution in [0.5, 0.6) is 0 Å². The van der Waals surface area contributed by atoms with Crippen LogP contribution in [0.3, 0.4) is 0 Å². The first kappa shape index (κ1) is 15.8. The van der Waals surface area contributed by atoms with Crippen LogP contribution in [-0.4, -0.2) is 35.3 Å². The van der Waals surface area contributed by atoms with Crippen molar-refractivity contribution in [1.29, 1.82) is 0 Å². The summed E-state index contributed by atoms with van der Waals surface area (Å²) in [5.74, 6) is 0.0427. The van der Waals surface area contributed by atoms with Crippen molar-refractivity contribution in [2.45, 2.75) is 24.8 Å². The van der Waals surface area contributed by atoms with E-state index in [1.54, 1.807) is 16.7 Å². The lowest BCUT2D eigenvalue weighted by Crippen LogP contribution is -2.32. The summed E-state index contributed by atoms with van der Waals surface area (Å²) in [5, 5.41) is 9.06. The molecule has 19 heavy (non-hydrogen) atoms. The maximum Gasteiger partial charge on any atom is 0.226 e. The fourth-order valence-corrected chi connectivity index (χ4v) is 2.12. The quantitative estimate of drug-likeness (QED) is 0.616. The highest BCUT2D eigenvalue weighted by Crippen LogP contribution is 2.16. The molecule has 0 fully saturated rings. The molecule has 0 atom stereocenters. The molecule has 4 heteroatoms. The van der Waals surface area contributed by atoms with Crippen LogP contribution in [-0.2, 0) is 11.3 Å². The normalized spacial score (nSPS) is 10.9. The van der Waals surface area contributed by atoms with Crippen molar-refractivity contribution >= 4 is 17.7 Å². The number of thioether (sulfide) groups is 1. The minimum absolute atomic E-state index is 0.00945. The van der Waals surface area contributed by atoms with Crippen molar-refractivity contribution in [3.63, 3.8) is 0 Å². The zero-order valence-electron chi connectivity index (χ0n) is 11.5. The van der Waals surface area contributed by atoms with Crippen molar-refractivity contribution < 1.29 is 9.90 Å². The minimum Gasteiger partial charge on any atom is -0.395 e. The van der Waals surface area contributed by atoms with Gasteiger partial charge in [-0.1, -0.05) is 24.3 Å². The minimum atomic E-state index is -0.00945. The molecular weight excluding hydrogens is 258 g/mol. The molecule has 1 rings (SSSR count). The van der Waals surface area contributed by atoms with Crippen LogP contribution in [0.1, 0.15) is 18.9 Å². The van der Waals surface area contributed by atoms with Crippen LogP contribution >= 0.6 is 11.8 Å². The smallest absolute Gasteiger partial charge is 0.226 e. The molecule has 0 spiro atoms. The average Bonchev–Trinajstić information content (AvgIpc) is 2.45. The Hall–Kier alpha value is -1.26. The van der Waals surface area contributed by atoms with E-state index >= 15 is 0 Å². The summed E-state index contributed by atoms with van der Waals surface area (Å²) < 4.78 is 0. The van der Waals surface area contributed by atoms with Crippen LogP contribution in [0, 0.1) is 0 Å². The van der Waals surface area contributed by atoms with E-state index in [1.807, 2.05) is 49.6 Å². The zero-order chi connectivity index (χ0) is 14.1. The lowest BCUT2D eigenvalue weighted by Gasteiger charge is -2.21. The Morgan fingerprint density at radius 2 is 2.05 bits per heavy atom. The number of hydrogen-bond donors (Lipinski definition) is 1. The molecule has 0 aliphatic rings. The SMILES string of the molecule is CC=CCC(=O)N(CCO)Cc1ccc(SC)cc1. The number of carbonyl (C=O) groups is 1. The Labute approximate surface area is 119 Å². The van der Waals surface area contributed by atoms with Crippen molar-refractivity contribution in [3.05, 3.63) is 42.0 Å². The Kier molecular flexibility index (Phi) is 7.30. The van der Waals surface area contributed by atoms with Crippen LogP contribution in [0.2, 0.25) is 0 Å². The summed E-state index contributed by atoms with van der Waals surface area (Å²) >= 11 is 1.69.